The Morgan fingerprint density at radius 3 is 2.38 bits per heavy atom. The molecular weight excluding hydrogens is 419 g/mol. The Morgan fingerprint density at radius 2 is 1.66 bits per heavy atom. The number of para-hydroxylation sites is 1. The van der Waals surface area contributed by atoms with Crippen molar-refractivity contribution in [2.24, 2.45) is 0 Å². The molecule has 3 aromatic carbocycles. The van der Waals surface area contributed by atoms with Gasteiger partial charge in [-0.25, -0.2) is 0 Å². The first kappa shape index (κ1) is 21.5. The molecule has 1 aliphatic rings. The molecule has 0 fully saturated rings. The SMILES string of the molecule is Cc1ccccc1OCCOc1ccc(/C=C2/C(=O)Nc3cc(C(F)(F)F)ccc32)cc1. The van der Waals surface area contributed by atoms with Crippen LogP contribution in [0.5, 0.6) is 11.5 Å². The zero-order chi connectivity index (χ0) is 22.7. The highest BCUT2D eigenvalue weighted by Gasteiger charge is 2.33. The first-order valence-corrected chi connectivity index (χ1v) is 9.97. The average Bonchev–Trinajstić information content (AvgIpc) is 3.07. The maximum Gasteiger partial charge on any atom is 0.416 e. The molecule has 0 saturated heterocycles. The van der Waals surface area contributed by atoms with Gasteiger partial charge in [0, 0.05) is 16.8 Å². The normalized spacial score (nSPS) is 14.2. The second-order valence-corrected chi connectivity index (χ2v) is 7.30. The van der Waals surface area contributed by atoms with Crippen LogP contribution >= 0.6 is 0 Å². The fourth-order valence-electron chi connectivity index (χ4n) is 3.37. The number of hydrogen-bond donors (Lipinski definition) is 1. The van der Waals surface area contributed by atoms with E-state index in [-0.39, 0.29) is 5.69 Å². The molecule has 1 aliphatic heterocycles. The summed E-state index contributed by atoms with van der Waals surface area (Å²) < 4.78 is 50.1. The van der Waals surface area contributed by atoms with Gasteiger partial charge in [-0.3, -0.25) is 4.79 Å². The zero-order valence-corrected chi connectivity index (χ0v) is 17.2. The number of ether oxygens (including phenoxy) is 2. The van der Waals surface area contributed by atoms with Crippen molar-refractivity contribution in [1.29, 1.82) is 0 Å². The van der Waals surface area contributed by atoms with Crippen molar-refractivity contribution in [2.75, 3.05) is 18.5 Å². The maximum absolute atomic E-state index is 12.9. The summed E-state index contributed by atoms with van der Waals surface area (Å²) in [5.74, 6) is 1.02. The Labute approximate surface area is 183 Å². The molecule has 7 heteroatoms. The van der Waals surface area contributed by atoms with Crippen molar-refractivity contribution < 1.29 is 27.4 Å². The van der Waals surface area contributed by atoms with Crippen LogP contribution in [0.4, 0.5) is 18.9 Å². The number of anilines is 1. The van der Waals surface area contributed by atoms with Crippen LogP contribution in [0, 0.1) is 6.92 Å². The Bertz CT molecular complexity index is 1170. The second-order valence-electron chi connectivity index (χ2n) is 7.30. The van der Waals surface area contributed by atoms with Gasteiger partial charge < -0.3 is 14.8 Å². The summed E-state index contributed by atoms with van der Waals surface area (Å²) in [6.45, 7) is 2.74. The van der Waals surface area contributed by atoms with Gasteiger partial charge in [0.15, 0.2) is 0 Å². The minimum absolute atomic E-state index is 0.157. The summed E-state index contributed by atoms with van der Waals surface area (Å²) in [6.07, 6.45) is -2.83. The maximum atomic E-state index is 12.9. The van der Waals surface area contributed by atoms with E-state index in [4.69, 9.17) is 9.47 Å². The Balaban J connectivity index is 1.39. The Kier molecular flexibility index (Phi) is 5.90. The van der Waals surface area contributed by atoms with Gasteiger partial charge in [0.05, 0.1) is 5.56 Å². The number of carbonyl (C=O) groups is 1. The van der Waals surface area contributed by atoms with Gasteiger partial charge in [-0.05, 0) is 54.5 Å². The number of nitrogens with one attached hydrogen (secondary N) is 1. The first-order chi connectivity index (χ1) is 15.3. The van der Waals surface area contributed by atoms with Crippen LogP contribution in [0.1, 0.15) is 22.3 Å². The number of alkyl halides is 3. The topological polar surface area (TPSA) is 47.6 Å². The van der Waals surface area contributed by atoms with Gasteiger partial charge in [0.1, 0.15) is 24.7 Å². The molecule has 4 nitrogen and oxygen atoms in total. The van der Waals surface area contributed by atoms with Crippen molar-refractivity contribution >= 4 is 23.2 Å². The van der Waals surface area contributed by atoms with E-state index in [0.717, 1.165) is 29.0 Å². The summed E-state index contributed by atoms with van der Waals surface area (Å²) in [6, 6.07) is 18.1. The Morgan fingerprint density at radius 1 is 0.938 bits per heavy atom. The molecule has 32 heavy (non-hydrogen) atoms. The molecule has 0 radical (unpaired) electrons. The summed E-state index contributed by atoms with van der Waals surface area (Å²) in [5.41, 5.74) is 1.89. The predicted octanol–water partition coefficient (Wildman–Crippen LogP) is 5.96. The number of aryl methyl sites for hydroxylation is 1. The van der Waals surface area contributed by atoms with Crippen molar-refractivity contribution in [3.05, 3.63) is 89.0 Å². The molecule has 1 heterocycles. The van der Waals surface area contributed by atoms with Gasteiger partial charge in [-0.2, -0.15) is 13.2 Å². The third-order valence-electron chi connectivity index (χ3n) is 5.02. The molecule has 1 N–H and O–H groups in total. The minimum atomic E-state index is -4.47. The number of fused-ring (bicyclic) bond motifs is 1. The van der Waals surface area contributed by atoms with E-state index in [0.29, 0.717) is 30.1 Å². The highest BCUT2D eigenvalue weighted by molar-refractivity contribution is 6.34. The van der Waals surface area contributed by atoms with Crippen molar-refractivity contribution in [1.82, 2.24) is 0 Å². The summed E-state index contributed by atoms with van der Waals surface area (Å²) in [5, 5.41) is 2.50. The highest BCUT2D eigenvalue weighted by Crippen LogP contribution is 2.38. The molecule has 0 atom stereocenters. The number of amides is 1. The molecule has 164 valence electrons. The van der Waals surface area contributed by atoms with E-state index in [2.05, 4.69) is 5.32 Å². The summed E-state index contributed by atoms with van der Waals surface area (Å²) in [4.78, 5) is 12.3. The van der Waals surface area contributed by atoms with Crippen LogP contribution in [-0.2, 0) is 11.0 Å². The highest BCUT2D eigenvalue weighted by atomic mass is 19.4. The number of carbonyl (C=O) groups excluding carboxylic acids is 1. The molecule has 3 aromatic rings. The van der Waals surface area contributed by atoms with Crippen LogP contribution in [0.3, 0.4) is 0 Å². The van der Waals surface area contributed by atoms with E-state index in [1.807, 2.05) is 31.2 Å². The van der Waals surface area contributed by atoms with E-state index in [1.165, 1.54) is 6.07 Å². The second kappa shape index (κ2) is 8.78. The van der Waals surface area contributed by atoms with E-state index in [1.54, 1.807) is 30.3 Å². The van der Waals surface area contributed by atoms with E-state index < -0.39 is 17.6 Å². The molecule has 0 aromatic heterocycles. The average molecular weight is 439 g/mol. The van der Waals surface area contributed by atoms with Gasteiger partial charge in [-0.15, -0.1) is 0 Å². The quantitative estimate of drug-likeness (QED) is 0.381. The molecule has 0 spiro atoms. The van der Waals surface area contributed by atoms with Crippen LogP contribution in [0.15, 0.2) is 66.7 Å². The first-order valence-electron chi connectivity index (χ1n) is 9.97. The van der Waals surface area contributed by atoms with Crippen LogP contribution < -0.4 is 14.8 Å². The van der Waals surface area contributed by atoms with Crippen molar-refractivity contribution in [3.8, 4) is 11.5 Å². The third-order valence-corrected chi connectivity index (χ3v) is 5.02. The number of halogens is 3. The lowest BCUT2D eigenvalue weighted by Gasteiger charge is -2.10. The lowest BCUT2D eigenvalue weighted by atomic mass is 10.0. The summed E-state index contributed by atoms with van der Waals surface area (Å²) in [7, 11) is 0. The van der Waals surface area contributed by atoms with Gasteiger partial charge in [0.2, 0.25) is 0 Å². The monoisotopic (exact) mass is 439 g/mol. The van der Waals surface area contributed by atoms with Crippen molar-refractivity contribution in [2.45, 2.75) is 13.1 Å². The third kappa shape index (κ3) is 4.77. The van der Waals surface area contributed by atoms with Gasteiger partial charge in [0.25, 0.3) is 5.91 Å². The van der Waals surface area contributed by atoms with Crippen LogP contribution in [0.2, 0.25) is 0 Å². The van der Waals surface area contributed by atoms with E-state index in [9.17, 15) is 18.0 Å². The number of benzene rings is 3. The number of hydrogen-bond acceptors (Lipinski definition) is 3. The number of rotatable bonds is 6. The molecule has 0 bridgehead atoms. The molecule has 0 unspecified atom stereocenters. The lowest BCUT2D eigenvalue weighted by molar-refractivity contribution is -0.137. The standard InChI is InChI=1S/C25H20F3NO3/c1-16-4-2-3-5-23(16)32-13-12-31-19-9-6-17(7-10-19)14-21-20-11-8-18(25(26,27)28)15-22(20)29-24(21)30/h2-11,14-15H,12-13H2,1H3,(H,29,30)/b21-14+. The fourth-order valence-corrected chi connectivity index (χ4v) is 3.37. The molecule has 0 aliphatic carbocycles. The zero-order valence-electron chi connectivity index (χ0n) is 17.2. The molecule has 0 saturated carbocycles. The van der Waals surface area contributed by atoms with Crippen molar-refractivity contribution in [3.63, 3.8) is 0 Å². The smallest absolute Gasteiger partial charge is 0.416 e. The van der Waals surface area contributed by atoms with Gasteiger partial charge in [-0.1, -0.05) is 36.4 Å². The summed E-state index contributed by atoms with van der Waals surface area (Å²) >= 11 is 0. The van der Waals surface area contributed by atoms with Crippen LogP contribution in [0.25, 0.3) is 11.6 Å². The largest absolute Gasteiger partial charge is 0.490 e. The van der Waals surface area contributed by atoms with Gasteiger partial charge >= 0.3 is 6.18 Å². The fraction of sp³-hybridized carbons (Fsp3) is 0.160. The predicted molar refractivity (Wildman–Crippen MR) is 117 cm³/mol. The molecule has 1 amide bonds. The van der Waals surface area contributed by atoms with E-state index >= 15 is 0 Å². The Hall–Kier alpha value is -3.74. The lowest BCUT2D eigenvalue weighted by Crippen LogP contribution is -2.09. The molecular formula is C25H20F3NO3. The van der Waals surface area contributed by atoms with Crippen LogP contribution in [-0.4, -0.2) is 19.1 Å². The molecule has 4 rings (SSSR count). The minimum Gasteiger partial charge on any atom is -0.490 e.